The van der Waals surface area contributed by atoms with Crippen LogP contribution < -0.4 is 20.1 Å². The molecule has 2 amide bonds. The predicted octanol–water partition coefficient (Wildman–Crippen LogP) is 3.40. The van der Waals surface area contributed by atoms with Gasteiger partial charge in [-0.15, -0.1) is 0 Å². The number of carbonyl (C=O) groups excluding carboxylic acids is 2. The van der Waals surface area contributed by atoms with Crippen molar-refractivity contribution in [3.8, 4) is 11.5 Å². The maximum absolute atomic E-state index is 12.4. The summed E-state index contributed by atoms with van der Waals surface area (Å²) < 4.78 is 26.7. The van der Waals surface area contributed by atoms with Gasteiger partial charge in [0.05, 0.1) is 6.61 Å². The highest BCUT2D eigenvalue weighted by molar-refractivity contribution is 5.92. The first-order chi connectivity index (χ1) is 15.5. The highest BCUT2D eigenvalue weighted by atomic mass is 16.7. The van der Waals surface area contributed by atoms with E-state index < -0.39 is 17.1 Å². The van der Waals surface area contributed by atoms with E-state index in [1.807, 2.05) is 32.0 Å². The number of amides is 2. The molecule has 1 aliphatic heterocycles. The first-order valence-corrected chi connectivity index (χ1v) is 10.7. The predicted molar refractivity (Wildman–Crippen MR) is 118 cm³/mol. The fourth-order valence-electron chi connectivity index (χ4n) is 2.89. The molecule has 0 unspecified atom stereocenters. The topological polar surface area (TPSA) is 121 Å². The molecule has 0 fully saturated rings. The molecule has 1 aliphatic rings. The Morgan fingerprint density at radius 2 is 1.73 bits per heavy atom. The summed E-state index contributed by atoms with van der Waals surface area (Å²) >= 11 is 0. The van der Waals surface area contributed by atoms with Crippen molar-refractivity contribution in [3.63, 3.8) is 0 Å². The van der Waals surface area contributed by atoms with Gasteiger partial charge in [0.1, 0.15) is 12.2 Å². The molecule has 2 N–H and O–H groups in total. The van der Waals surface area contributed by atoms with E-state index in [9.17, 15) is 9.59 Å². The van der Waals surface area contributed by atoms with Crippen LogP contribution in [-0.2, 0) is 22.7 Å². The van der Waals surface area contributed by atoms with E-state index in [-0.39, 0.29) is 25.0 Å². The number of ether oxygens (including phenoxy) is 4. The van der Waals surface area contributed by atoms with Gasteiger partial charge in [0.25, 0.3) is 5.91 Å². The molecular formula is C23H31N3O7. The number of benzene rings is 1. The van der Waals surface area contributed by atoms with Gasteiger partial charge in [-0.1, -0.05) is 25.1 Å². The third kappa shape index (κ3) is 7.67. The smallest absolute Gasteiger partial charge is 0.407 e. The zero-order valence-electron chi connectivity index (χ0n) is 19.6. The Morgan fingerprint density at radius 3 is 2.48 bits per heavy atom. The summed E-state index contributed by atoms with van der Waals surface area (Å²) in [4.78, 5) is 24.2. The van der Waals surface area contributed by atoms with Crippen molar-refractivity contribution in [1.82, 2.24) is 15.8 Å². The lowest BCUT2D eigenvalue weighted by Gasteiger charge is -2.26. The second-order valence-electron chi connectivity index (χ2n) is 9.56. The van der Waals surface area contributed by atoms with E-state index >= 15 is 0 Å². The Morgan fingerprint density at radius 1 is 1.00 bits per heavy atom. The van der Waals surface area contributed by atoms with Crippen molar-refractivity contribution in [3.05, 3.63) is 41.3 Å². The van der Waals surface area contributed by atoms with E-state index in [4.69, 9.17) is 23.5 Å². The Hall–Kier alpha value is -3.27. The minimum absolute atomic E-state index is 0.160. The minimum Gasteiger partial charge on any atom is -0.454 e. The van der Waals surface area contributed by atoms with Crippen LogP contribution in [0.15, 0.2) is 28.8 Å². The maximum Gasteiger partial charge on any atom is 0.407 e. The maximum atomic E-state index is 12.4. The molecule has 0 saturated carbocycles. The van der Waals surface area contributed by atoms with Gasteiger partial charge in [0.15, 0.2) is 23.0 Å². The van der Waals surface area contributed by atoms with E-state index in [2.05, 4.69) is 15.8 Å². The Bertz CT molecular complexity index is 979. The number of rotatable bonds is 9. The molecule has 2 heterocycles. The Kier molecular flexibility index (Phi) is 7.47. The standard InChI is InChI=1S/C23H31N3O7/c1-22(2,3)32-21(28)25-13-23(4,5)12-24-20(27)17-9-16(33-26-17)11-29-10-15-6-7-18-19(8-15)31-14-30-18/h6-9H,10-14H2,1-5H3,(H,24,27)(H,25,28). The number of alkyl carbamates (subject to hydrolysis) is 1. The van der Waals surface area contributed by atoms with Crippen molar-refractivity contribution in [2.24, 2.45) is 5.41 Å². The number of nitrogens with one attached hydrogen (secondary N) is 2. The molecular weight excluding hydrogens is 430 g/mol. The van der Waals surface area contributed by atoms with Gasteiger partial charge in [0.2, 0.25) is 6.79 Å². The third-order valence-electron chi connectivity index (χ3n) is 4.58. The Balaban J connectivity index is 1.40. The largest absolute Gasteiger partial charge is 0.454 e. The van der Waals surface area contributed by atoms with Crippen molar-refractivity contribution < 1.29 is 33.1 Å². The van der Waals surface area contributed by atoms with Crippen LogP contribution in [0.3, 0.4) is 0 Å². The third-order valence-corrected chi connectivity index (χ3v) is 4.58. The molecule has 0 spiro atoms. The molecule has 0 saturated heterocycles. The number of carbonyl (C=O) groups is 2. The van der Waals surface area contributed by atoms with Gasteiger partial charge in [0, 0.05) is 19.2 Å². The summed E-state index contributed by atoms with van der Waals surface area (Å²) in [5.74, 6) is 1.48. The fraction of sp³-hybridized carbons (Fsp3) is 0.522. The quantitative estimate of drug-likeness (QED) is 0.583. The normalized spacial score (nSPS) is 13.0. The van der Waals surface area contributed by atoms with Crippen LogP contribution in [0.1, 0.15) is 56.4 Å². The molecule has 10 heteroatoms. The average Bonchev–Trinajstić information content (AvgIpc) is 3.39. The van der Waals surface area contributed by atoms with Gasteiger partial charge < -0.3 is 34.1 Å². The molecule has 0 bridgehead atoms. The molecule has 3 rings (SSSR count). The molecule has 1 aromatic carbocycles. The molecule has 2 aromatic rings. The lowest BCUT2D eigenvalue weighted by atomic mass is 9.93. The number of hydrogen-bond acceptors (Lipinski definition) is 8. The molecule has 0 aliphatic carbocycles. The number of hydrogen-bond donors (Lipinski definition) is 2. The van der Waals surface area contributed by atoms with Crippen LogP contribution in [-0.4, -0.2) is 42.6 Å². The highest BCUT2D eigenvalue weighted by Gasteiger charge is 2.23. The van der Waals surface area contributed by atoms with Gasteiger partial charge in [-0.25, -0.2) is 4.79 Å². The van der Waals surface area contributed by atoms with Crippen LogP contribution in [0.2, 0.25) is 0 Å². The van der Waals surface area contributed by atoms with Crippen molar-refractivity contribution in [1.29, 1.82) is 0 Å². The summed E-state index contributed by atoms with van der Waals surface area (Å²) in [6.07, 6.45) is -0.496. The highest BCUT2D eigenvalue weighted by Crippen LogP contribution is 2.32. The second-order valence-corrected chi connectivity index (χ2v) is 9.56. The average molecular weight is 462 g/mol. The lowest BCUT2D eigenvalue weighted by molar-refractivity contribution is 0.0506. The van der Waals surface area contributed by atoms with Gasteiger partial charge >= 0.3 is 6.09 Å². The van der Waals surface area contributed by atoms with Crippen LogP contribution >= 0.6 is 0 Å². The van der Waals surface area contributed by atoms with E-state index in [1.165, 1.54) is 0 Å². The lowest BCUT2D eigenvalue weighted by Crippen LogP contribution is -2.43. The van der Waals surface area contributed by atoms with Crippen molar-refractivity contribution >= 4 is 12.0 Å². The second kappa shape index (κ2) is 10.1. The van der Waals surface area contributed by atoms with Gasteiger partial charge in [-0.2, -0.15) is 0 Å². The molecule has 180 valence electrons. The summed E-state index contributed by atoms with van der Waals surface area (Å²) in [6.45, 7) is 10.6. The Labute approximate surface area is 192 Å². The summed E-state index contributed by atoms with van der Waals surface area (Å²) in [7, 11) is 0. The molecule has 10 nitrogen and oxygen atoms in total. The van der Waals surface area contributed by atoms with Crippen molar-refractivity contribution in [2.45, 2.75) is 53.4 Å². The minimum atomic E-state index is -0.568. The fourth-order valence-corrected chi connectivity index (χ4v) is 2.89. The van der Waals surface area contributed by atoms with Crippen LogP contribution in [0.25, 0.3) is 0 Å². The number of fused-ring (bicyclic) bond motifs is 1. The zero-order valence-corrected chi connectivity index (χ0v) is 19.6. The zero-order chi connectivity index (χ0) is 24.1. The van der Waals surface area contributed by atoms with Crippen molar-refractivity contribution in [2.75, 3.05) is 19.9 Å². The number of nitrogens with zero attached hydrogens (tertiary/aromatic N) is 1. The summed E-state index contributed by atoms with van der Waals surface area (Å²) in [5, 5.41) is 9.34. The summed E-state index contributed by atoms with van der Waals surface area (Å²) in [5.41, 5.74) is 0.125. The molecule has 0 atom stereocenters. The van der Waals surface area contributed by atoms with E-state index in [1.54, 1.807) is 26.8 Å². The molecule has 33 heavy (non-hydrogen) atoms. The molecule has 1 aromatic heterocycles. The van der Waals surface area contributed by atoms with E-state index in [0.717, 1.165) is 5.56 Å². The summed E-state index contributed by atoms with van der Waals surface area (Å²) in [6, 6.07) is 7.14. The van der Waals surface area contributed by atoms with E-state index in [0.29, 0.717) is 37.0 Å². The van der Waals surface area contributed by atoms with Gasteiger partial charge in [-0.3, -0.25) is 4.79 Å². The number of aromatic nitrogens is 1. The first-order valence-electron chi connectivity index (χ1n) is 10.7. The van der Waals surface area contributed by atoms with Crippen LogP contribution in [0.4, 0.5) is 4.79 Å². The SMILES string of the molecule is CC(C)(CNC(=O)OC(C)(C)C)CNC(=O)c1cc(COCc2ccc3c(c2)OCO3)on1. The monoisotopic (exact) mass is 461 g/mol. The van der Waals surface area contributed by atoms with Gasteiger partial charge in [-0.05, 0) is 43.9 Å². The first kappa shape index (κ1) is 24.4. The molecule has 0 radical (unpaired) electrons. The van der Waals surface area contributed by atoms with Crippen LogP contribution in [0, 0.1) is 5.41 Å². The van der Waals surface area contributed by atoms with Crippen LogP contribution in [0.5, 0.6) is 11.5 Å².